The zero-order valence-electron chi connectivity index (χ0n) is 16.4. The topological polar surface area (TPSA) is 85.1 Å². The van der Waals surface area contributed by atoms with E-state index in [-0.39, 0.29) is 5.91 Å². The first-order valence-electron chi connectivity index (χ1n) is 9.22. The Hall–Kier alpha value is -3.87. The Kier molecular flexibility index (Phi) is 4.87. The smallest absolute Gasteiger partial charge is 0.267 e. The Morgan fingerprint density at radius 2 is 1.90 bits per heavy atom. The zero-order valence-corrected chi connectivity index (χ0v) is 16.4. The third-order valence-electron chi connectivity index (χ3n) is 4.59. The van der Waals surface area contributed by atoms with Crippen molar-refractivity contribution in [2.24, 2.45) is 5.10 Å². The third-order valence-corrected chi connectivity index (χ3v) is 4.59. The number of fused-ring (bicyclic) bond motifs is 1. The van der Waals surface area contributed by atoms with Gasteiger partial charge in [-0.3, -0.25) is 9.78 Å². The molecule has 0 saturated carbocycles. The first kappa shape index (κ1) is 18.5. The van der Waals surface area contributed by atoms with Gasteiger partial charge < -0.3 is 0 Å². The molecule has 0 aliphatic carbocycles. The second-order valence-corrected chi connectivity index (χ2v) is 6.72. The van der Waals surface area contributed by atoms with E-state index in [1.54, 1.807) is 23.1 Å². The average molecular weight is 384 g/mol. The van der Waals surface area contributed by atoms with E-state index in [9.17, 15) is 4.79 Å². The fraction of sp³-hybridized carbons (Fsp3) is 0.136. The second kappa shape index (κ2) is 7.63. The Bertz CT molecular complexity index is 1210. The number of pyridine rings is 2. The number of carbonyl (C=O) groups excluding carboxylic acids is 1. The molecule has 0 atom stereocenters. The number of aromatic nitrogens is 4. The van der Waals surface area contributed by atoms with Crippen LogP contribution in [0.1, 0.15) is 34.2 Å². The molecule has 0 saturated heterocycles. The number of para-hydroxylation sites is 1. The fourth-order valence-corrected chi connectivity index (χ4v) is 3.18. The quantitative estimate of drug-likeness (QED) is 0.430. The molecule has 0 bridgehead atoms. The van der Waals surface area contributed by atoms with E-state index in [0.29, 0.717) is 22.3 Å². The van der Waals surface area contributed by atoms with Crippen LogP contribution in [0.2, 0.25) is 0 Å². The molecule has 3 heterocycles. The summed E-state index contributed by atoms with van der Waals surface area (Å²) in [7, 11) is 0. The molecule has 4 rings (SSSR count). The Labute approximate surface area is 168 Å². The molecule has 0 fully saturated rings. The fourth-order valence-electron chi connectivity index (χ4n) is 3.18. The molecule has 1 aromatic carbocycles. The van der Waals surface area contributed by atoms with Crippen LogP contribution in [0.15, 0.2) is 66.0 Å². The molecule has 0 unspecified atom stereocenters. The van der Waals surface area contributed by atoms with Crippen molar-refractivity contribution >= 4 is 22.7 Å². The summed E-state index contributed by atoms with van der Waals surface area (Å²) in [5, 5.41) is 9.56. The molecule has 29 heavy (non-hydrogen) atoms. The molecule has 7 heteroatoms. The van der Waals surface area contributed by atoms with Gasteiger partial charge >= 0.3 is 0 Å². The maximum atomic E-state index is 12.9. The van der Waals surface area contributed by atoms with Gasteiger partial charge in [0.1, 0.15) is 0 Å². The van der Waals surface area contributed by atoms with Crippen LogP contribution in [-0.2, 0) is 0 Å². The molecular formula is C22H20N6O. The predicted molar refractivity (Wildman–Crippen MR) is 112 cm³/mol. The minimum absolute atomic E-state index is 0.306. The van der Waals surface area contributed by atoms with Crippen molar-refractivity contribution in [2.75, 3.05) is 0 Å². The SMILES string of the molecule is C/C(=N\NC(=O)c1cc(C)nc2c1c(C)nn2-c1ccccc1)c1cccnc1. The molecule has 1 N–H and O–H groups in total. The van der Waals surface area contributed by atoms with E-state index >= 15 is 0 Å². The van der Waals surface area contributed by atoms with E-state index in [1.807, 2.05) is 63.2 Å². The van der Waals surface area contributed by atoms with Crippen LogP contribution in [-0.4, -0.2) is 31.4 Å². The normalized spacial score (nSPS) is 11.6. The summed E-state index contributed by atoms with van der Waals surface area (Å²) in [5.74, 6) is -0.306. The van der Waals surface area contributed by atoms with Crippen molar-refractivity contribution in [2.45, 2.75) is 20.8 Å². The van der Waals surface area contributed by atoms with Gasteiger partial charge in [0.15, 0.2) is 5.65 Å². The van der Waals surface area contributed by atoms with Gasteiger partial charge in [0.05, 0.1) is 28.0 Å². The molecule has 0 spiro atoms. The highest BCUT2D eigenvalue weighted by atomic mass is 16.2. The van der Waals surface area contributed by atoms with Crippen molar-refractivity contribution in [3.8, 4) is 5.69 Å². The lowest BCUT2D eigenvalue weighted by Gasteiger charge is -2.07. The van der Waals surface area contributed by atoms with Crippen molar-refractivity contribution in [3.63, 3.8) is 0 Å². The lowest BCUT2D eigenvalue weighted by atomic mass is 10.1. The van der Waals surface area contributed by atoms with Crippen molar-refractivity contribution in [1.82, 2.24) is 25.2 Å². The van der Waals surface area contributed by atoms with Crippen LogP contribution in [0.25, 0.3) is 16.7 Å². The molecule has 1 amide bonds. The largest absolute Gasteiger partial charge is 0.272 e. The molecular weight excluding hydrogens is 364 g/mol. The van der Waals surface area contributed by atoms with Gasteiger partial charge in [-0.2, -0.15) is 10.2 Å². The molecule has 144 valence electrons. The molecule has 0 aliphatic rings. The van der Waals surface area contributed by atoms with E-state index in [4.69, 9.17) is 0 Å². The van der Waals surface area contributed by atoms with E-state index in [2.05, 4.69) is 25.6 Å². The summed E-state index contributed by atoms with van der Waals surface area (Å²) >= 11 is 0. The lowest BCUT2D eigenvalue weighted by molar-refractivity contribution is 0.0956. The number of carbonyl (C=O) groups is 1. The summed E-state index contributed by atoms with van der Waals surface area (Å²) < 4.78 is 1.76. The Morgan fingerprint density at radius 3 is 2.62 bits per heavy atom. The minimum Gasteiger partial charge on any atom is -0.267 e. The minimum atomic E-state index is -0.306. The van der Waals surface area contributed by atoms with Gasteiger partial charge in [-0.15, -0.1) is 0 Å². The highest BCUT2D eigenvalue weighted by molar-refractivity contribution is 6.07. The summed E-state index contributed by atoms with van der Waals surface area (Å²) in [6, 6.07) is 15.2. The summed E-state index contributed by atoms with van der Waals surface area (Å²) in [6.07, 6.45) is 3.40. The van der Waals surface area contributed by atoms with Gasteiger partial charge in [0.25, 0.3) is 5.91 Å². The van der Waals surface area contributed by atoms with Gasteiger partial charge in [-0.1, -0.05) is 24.3 Å². The van der Waals surface area contributed by atoms with Crippen LogP contribution in [0, 0.1) is 13.8 Å². The standard InChI is InChI=1S/C22H20N6O/c1-14-12-19(22(29)26-25-15(2)17-8-7-11-23-13-17)20-16(3)27-28(21(20)24-14)18-9-5-4-6-10-18/h4-13H,1-3H3,(H,26,29)/b25-15+. The summed E-state index contributed by atoms with van der Waals surface area (Å²) in [4.78, 5) is 21.7. The van der Waals surface area contributed by atoms with Crippen LogP contribution in [0.5, 0.6) is 0 Å². The number of amides is 1. The van der Waals surface area contributed by atoms with Crippen LogP contribution in [0.3, 0.4) is 0 Å². The number of hydrogen-bond donors (Lipinski definition) is 1. The Balaban J connectivity index is 1.74. The number of hydrazone groups is 1. The van der Waals surface area contributed by atoms with Gasteiger partial charge in [-0.25, -0.2) is 15.1 Å². The van der Waals surface area contributed by atoms with Crippen molar-refractivity contribution < 1.29 is 4.79 Å². The maximum absolute atomic E-state index is 12.9. The molecule has 3 aromatic heterocycles. The average Bonchev–Trinajstić information content (AvgIpc) is 3.08. The molecule has 0 radical (unpaired) electrons. The second-order valence-electron chi connectivity index (χ2n) is 6.72. The maximum Gasteiger partial charge on any atom is 0.272 e. The Morgan fingerprint density at radius 1 is 1.10 bits per heavy atom. The number of nitrogens with one attached hydrogen (secondary N) is 1. The van der Waals surface area contributed by atoms with Crippen molar-refractivity contribution in [1.29, 1.82) is 0 Å². The molecule has 0 aliphatic heterocycles. The summed E-state index contributed by atoms with van der Waals surface area (Å²) in [6.45, 7) is 5.56. The van der Waals surface area contributed by atoms with Crippen LogP contribution < -0.4 is 5.43 Å². The number of nitrogens with zero attached hydrogens (tertiary/aromatic N) is 5. The van der Waals surface area contributed by atoms with Gasteiger partial charge in [-0.05, 0) is 45.0 Å². The first-order valence-corrected chi connectivity index (χ1v) is 9.22. The predicted octanol–water partition coefficient (Wildman–Crippen LogP) is 3.59. The van der Waals surface area contributed by atoms with Crippen LogP contribution >= 0.6 is 0 Å². The highest BCUT2D eigenvalue weighted by Gasteiger charge is 2.19. The van der Waals surface area contributed by atoms with Crippen molar-refractivity contribution in [3.05, 3.63) is 83.4 Å². The zero-order chi connectivity index (χ0) is 20.4. The number of hydrogen-bond acceptors (Lipinski definition) is 5. The van der Waals surface area contributed by atoms with Gasteiger partial charge in [0, 0.05) is 23.7 Å². The van der Waals surface area contributed by atoms with E-state index < -0.39 is 0 Å². The van der Waals surface area contributed by atoms with Crippen LogP contribution in [0.4, 0.5) is 0 Å². The molecule has 4 aromatic rings. The highest BCUT2D eigenvalue weighted by Crippen LogP contribution is 2.24. The van der Waals surface area contributed by atoms with Gasteiger partial charge in [0.2, 0.25) is 0 Å². The molecule has 7 nitrogen and oxygen atoms in total. The monoisotopic (exact) mass is 384 g/mol. The number of benzene rings is 1. The first-order chi connectivity index (χ1) is 14.0. The number of rotatable bonds is 4. The number of aryl methyl sites for hydroxylation is 2. The third kappa shape index (κ3) is 3.62. The van der Waals surface area contributed by atoms with E-state index in [1.165, 1.54) is 0 Å². The summed E-state index contributed by atoms with van der Waals surface area (Å²) in [5.41, 5.74) is 7.66. The lowest BCUT2D eigenvalue weighted by Crippen LogP contribution is -2.20. The van der Waals surface area contributed by atoms with E-state index in [0.717, 1.165) is 22.6 Å².